The van der Waals surface area contributed by atoms with E-state index in [0.29, 0.717) is 18.2 Å². The third-order valence-electron chi connectivity index (χ3n) is 3.32. The van der Waals surface area contributed by atoms with Gasteiger partial charge in [0.2, 0.25) is 0 Å². The molecule has 0 radical (unpaired) electrons. The van der Waals surface area contributed by atoms with E-state index in [1.165, 1.54) is 0 Å². The van der Waals surface area contributed by atoms with E-state index in [9.17, 15) is 0 Å². The molecule has 2 aromatic rings. The van der Waals surface area contributed by atoms with Crippen molar-refractivity contribution in [3.8, 4) is 5.75 Å². The van der Waals surface area contributed by atoms with Gasteiger partial charge >= 0.3 is 0 Å². The number of fused-ring (bicyclic) bond motifs is 1. The maximum Gasteiger partial charge on any atom is 0.189 e. The summed E-state index contributed by atoms with van der Waals surface area (Å²) in [4.78, 5) is 0.226. The Kier molecular flexibility index (Phi) is 4.47. The molecule has 1 aromatic heterocycles. The maximum atomic E-state index is 6.16. The van der Waals surface area contributed by atoms with Gasteiger partial charge in [-0.2, -0.15) is 0 Å². The average Bonchev–Trinajstić information content (AvgIpc) is 2.95. The smallest absolute Gasteiger partial charge is 0.189 e. The number of hydrogen-bond acceptors (Lipinski definition) is 4. The van der Waals surface area contributed by atoms with Gasteiger partial charge in [-0.05, 0) is 18.6 Å². The quantitative estimate of drug-likeness (QED) is 0.768. The van der Waals surface area contributed by atoms with Crippen LogP contribution >= 0.6 is 27.5 Å². The van der Waals surface area contributed by atoms with Crippen molar-refractivity contribution < 1.29 is 9.47 Å². The molecule has 0 spiro atoms. The van der Waals surface area contributed by atoms with Gasteiger partial charge in [-0.1, -0.05) is 39.7 Å². The molecular weight excluding hydrogens is 358 g/mol. The number of hydrogen-bond donors (Lipinski definition) is 0. The minimum Gasteiger partial charge on any atom is -0.467 e. The third kappa shape index (κ3) is 3.22. The fourth-order valence-electron chi connectivity index (χ4n) is 2.29. The summed E-state index contributed by atoms with van der Waals surface area (Å²) >= 11 is 9.74. The van der Waals surface area contributed by atoms with Crippen molar-refractivity contribution in [3.05, 3.63) is 40.2 Å². The molecule has 0 amide bonds. The molecule has 1 unspecified atom stereocenters. The van der Waals surface area contributed by atoms with Crippen LogP contribution in [-0.2, 0) is 17.9 Å². The summed E-state index contributed by atoms with van der Waals surface area (Å²) in [5, 5.41) is 9.02. The predicted molar refractivity (Wildman–Crippen MR) is 82.8 cm³/mol. The van der Waals surface area contributed by atoms with Crippen LogP contribution in [0.4, 0.5) is 0 Å². The SMILES string of the molecule is CCC(Br)c1cn(Cc2cc(Cl)cc3c2OCOC3)nn1. The Bertz CT molecular complexity index is 647. The third-order valence-corrected chi connectivity index (χ3v) is 4.65. The van der Waals surface area contributed by atoms with Gasteiger partial charge in [-0.25, -0.2) is 4.68 Å². The number of alkyl halides is 1. The zero-order valence-corrected chi connectivity index (χ0v) is 13.9. The van der Waals surface area contributed by atoms with Crippen LogP contribution in [0.1, 0.15) is 35.0 Å². The molecule has 112 valence electrons. The number of aromatic nitrogens is 3. The van der Waals surface area contributed by atoms with Gasteiger partial charge in [0, 0.05) is 22.3 Å². The average molecular weight is 373 g/mol. The second-order valence-corrected chi connectivity index (χ2v) is 6.42. The van der Waals surface area contributed by atoms with Crippen molar-refractivity contribution in [3.63, 3.8) is 0 Å². The highest BCUT2D eigenvalue weighted by molar-refractivity contribution is 9.09. The summed E-state index contributed by atoms with van der Waals surface area (Å²) in [6.45, 7) is 3.45. The lowest BCUT2D eigenvalue weighted by atomic mass is 10.1. The summed E-state index contributed by atoms with van der Waals surface area (Å²) in [6.07, 6.45) is 2.90. The van der Waals surface area contributed by atoms with E-state index < -0.39 is 0 Å². The van der Waals surface area contributed by atoms with Crippen LogP contribution in [0.5, 0.6) is 5.75 Å². The Hall–Kier alpha value is -1.11. The normalized spacial score (nSPS) is 15.4. The summed E-state index contributed by atoms with van der Waals surface area (Å²) in [6, 6.07) is 3.77. The van der Waals surface area contributed by atoms with Gasteiger partial charge in [0.05, 0.1) is 23.7 Å². The van der Waals surface area contributed by atoms with Crippen LogP contribution in [0.25, 0.3) is 0 Å². The lowest BCUT2D eigenvalue weighted by Gasteiger charge is -2.21. The molecule has 1 aromatic carbocycles. The van der Waals surface area contributed by atoms with Crippen LogP contribution < -0.4 is 4.74 Å². The number of ether oxygens (including phenoxy) is 2. The van der Waals surface area contributed by atoms with Gasteiger partial charge < -0.3 is 9.47 Å². The Morgan fingerprint density at radius 2 is 2.33 bits per heavy atom. The highest BCUT2D eigenvalue weighted by atomic mass is 79.9. The minimum absolute atomic E-state index is 0.226. The van der Waals surface area contributed by atoms with E-state index >= 15 is 0 Å². The summed E-state index contributed by atoms with van der Waals surface area (Å²) in [5.41, 5.74) is 2.88. The van der Waals surface area contributed by atoms with Gasteiger partial charge in [-0.15, -0.1) is 5.10 Å². The molecule has 2 heterocycles. The van der Waals surface area contributed by atoms with Crippen LogP contribution in [-0.4, -0.2) is 21.8 Å². The fraction of sp³-hybridized carbons (Fsp3) is 0.429. The zero-order chi connectivity index (χ0) is 14.8. The standard InChI is InChI=1S/C14H15BrClN3O2/c1-2-12(15)13-6-19(18-17-13)5-9-3-11(16)4-10-7-20-8-21-14(9)10/h3-4,6,12H,2,5,7-8H2,1H3. The first-order chi connectivity index (χ1) is 10.2. The van der Waals surface area contributed by atoms with E-state index in [-0.39, 0.29) is 11.6 Å². The Balaban J connectivity index is 1.87. The van der Waals surface area contributed by atoms with Gasteiger partial charge in [0.25, 0.3) is 0 Å². The van der Waals surface area contributed by atoms with Gasteiger partial charge in [0.15, 0.2) is 6.79 Å². The zero-order valence-electron chi connectivity index (χ0n) is 11.6. The molecule has 5 nitrogen and oxygen atoms in total. The topological polar surface area (TPSA) is 49.2 Å². The molecule has 0 aliphatic carbocycles. The van der Waals surface area contributed by atoms with Crippen molar-refractivity contribution >= 4 is 27.5 Å². The maximum absolute atomic E-state index is 6.16. The number of nitrogens with zero attached hydrogens (tertiary/aromatic N) is 3. The van der Waals surface area contributed by atoms with E-state index in [0.717, 1.165) is 29.0 Å². The van der Waals surface area contributed by atoms with Crippen LogP contribution in [0.3, 0.4) is 0 Å². The second-order valence-electron chi connectivity index (χ2n) is 4.88. The molecule has 3 rings (SSSR count). The van der Waals surface area contributed by atoms with Crippen molar-refractivity contribution in [2.24, 2.45) is 0 Å². The highest BCUT2D eigenvalue weighted by Crippen LogP contribution is 2.32. The van der Waals surface area contributed by atoms with E-state index in [1.807, 2.05) is 18.3 Å². The first kappa shape index (κ1) is 14.8. The van der Waals surface area contributed by atoms with Gasteiger partial charge in [0.1, 0.15) is 5.75 Å². The number of rotatable bonds is 4. The van der Waals surface area contributed by atoms with E-state index in [4.69, 9.17) is 21.1 Å². The molecule has 0 fully saturated rings. The van der Waals surface area contributed by atoms with E-state index in [2.05, 4.69) is 33.2 Å². The molecule has 7 heteroatoms. The summed E-state index contributed by atoms with van der Waals surface area (Å²) in [7, 11) is 0. The monoisotopic (exact) mass is 371 g/mol. The number of benzene rings is 1. The Morgan fingerprint density at radius 1 is 1.48 bits per heavy atom. The van der Waals surface area contributed by atoms with Crippen LogP contribution in [0.2, 0.25) is 5.02 Å². The molecule has 1 aliphatic rings. The van der Waals surface area contributed by atoms with Crippen molar-refractivity contribution in [2.75, 3.05) is 6.79 Å². The van der Waals surface area contributed by atoms with Crippen molar-refractivity contribution in [1.29, 1.82) is 0 Å². The second kappa shape index (κ2) is 6.34. The first-order valence-electron chi connectivity index (χ1n) is 6.73. The minimum atomic E-state index is 0.226. The molecule has 0 saturated carbocycles. The lowest BCUT2D eigenvalue weighted by Crippen LogP contribution is -2.14. The highest BCUT2D eigenvalue weighted by Gasteiger charge is 2.17. The first-order valence-corrected chi connectivity index (χ1v) is 8.02. The number of halogens is 2. The van der Waals surface area contributed by atoms with Gasteiger partial charge in [-0.3, -0.25) is 0 Å². The molecule has 1 atom stereocenters. The lowest BCUT2D eigenvalue weighted by molar-refractivity contribution is -0.0171. The molecule has 1 aliphatic heterocycles. The largest absolute Gasteiger partial charge is 0.467 e. The fourth-order valence-corrected chi connectivity index (χ4v) is 2.77. The Labute approximate surface area is 136 Å². The van der Waals surface area contributed by atoms with E-state index in [1.54, 1.807) is 4.68 Å². The molecular formula is C14H15BrClN3O2. The molecule has 21 heavy (non-hydrogen) atoms. The Morgan fingerprint density at radius 3 is 3.14 bits per heavy atom. The summed E-state index contributed by atoms with van der Waals surface area (Å²) in [5.74, 6) is 0.841. The predicted octanol–water partition coefficient (Wildman–Crippen LogP) is 3.69. The molecule has 0 N–H and O–H groups in total. The summed E-state index contributed by atoms with van der Waals surface area (Å²) < 4.78 is 12.7. The molecule has 0 bridgehead atoms. The van der Waals surface area contributed by atoms with Crippen molar-refractivity contribution in [1.82, 2.24) is 15.0 Å². The van der Waals surface area contributed by atoms with Crippen molar-refractivity contribution in [2.45, 2.75) is 31.3 Å². The van der Waals surface area contributed by atoms with Crippen LogP contribution in [0.15, 0.2) is 18.3 Å². The molecule has 0 saturated heterocycles. The van der Waals surface area contributed by atoms with Crippen LogP contribution in [0, 0.1) is 0 Å².